The molecule has 0 aliphatic carbocycles. The van der Waals surface area contributed by atoms with Crippen LogP contribution < -0.4 is 5.32 Å². The van der Waals surface area contributed by atoms with Crippen LogP contribution in [0.15, 0.2) is 91.3 Å². The molecule has 2 fully saturated rings. The minimum atomic E-state index is -1.27. The third-order valence-electron chi connectivity index (χ3n) is 11.1. The number of nitrogens with one attached hydrogen (secondary N) is 3. The highest BCUT2D eigenvalue weighted by Crippen LogP contribution is 2.36. The van der Waals surface area contributed by atoms with Crippen LogP contribution in [-0.4, -0.2) is 104 Å². The first-order valence-electron chi connectivity index (χ1n) is 19.5. The number of carbonyl (C=O) groups is 3. The quantitative estimate of drug-likeness (QED) is 0.0960. The van der Waals surface area contributed by atoms with Crippen LogP contribution in [0.5, 0.6) is 0 Å². The zero-order valence-corrected chi connectivity index (χ0v) is 32.1. The monoisotopic (exact) mass is 758 g/mol. The summed E-state index contributed by atoms with van der Waals surface area (Å²) in [4.78, 5) is 61.0. The number of rotatable bonds is 14. The maximum absolute atomic E-state index is 14.2. The number of H-pyrrole nitrogens is 2. The maximum Gasteiger partial charge on any atom is 0.405 e. The van der Waals surface area contributed by atoms with E-state index < -0.39 is 12.1 Å². The summed E-state index contributed by atoms with van der Waals surface area (Å²) in [7, 11) is 1.44. The van der Waals surface area contributed by atoms with Crippen molar-refractivity contribution in [3.8, 4) is 33.6 Å². The van der Waals surface area contributed by atoms with Gasteiger partial charge in [0.05, 0.1) is 42.5 Å². The third kappa shape index (κ3) is 8.10. The molecule has 0 bridgehead atoms. The lowest BCUT2D eigenvalue weighted by Gasteiger charge is -2.34. The highest BCUT2D eigenvalue weighted by molar-refractivity contribution is 5.86. The van der Waals surface area contributed by atoms with Crippen molar-refractivity contribution in [3.63, 3.8) is 0 Å². The fourth-order valence-electron chi connectivity index (χ4n) is 8.20. The highest BCUT2D eigenvalue weighted by atomic mass is 16.5. The van der Waals surface area contributed by atoms with Gasteiger partial charge in [-0.3, -0.25) is 14.5 Å². The number of nitrogens with zero attached hydrogens (tertiary/aromatic N) is 5. The molecule has 0 unspecified atom stereocenters. The van der Waals surface area contributed by atoms with Crippen LogP contribution in [0.3, 0.4) is 0 Å². The molecule has 0 spiro atoms. The van der Waals surface area contributed by atoms with Crippen molar-refractivity contribution < 1.29 is 24.2 Å². The lowest BCUT2D eigenvalue weighted by molar-refractivity contribution is -0.138. The maximum atomic E-state index is 14.2. The number of hydrogen-bond acceptors (Lipinski definition) is 7. The fourth-order valence-corrected chi connectivity index (χ4v) is 8.20. The predicted molar refractivity (Wildman–Crippen MR) is 213 cm³/mol. The van der Waals surface area contributed by atoms with Crippen molar-refractivity contribution in [3.05, 3.63) is 108 Å². The second-order valence-corrected chi connectivity index (χ2v) is 14.4. The molecule has 7 rings (SSSR count). The molecule has 0 saturated carbocycles. The highest BCUT2D eigenvalue weighted by Gasteiger charge is 2.38. The Morgan fingerprint density at radius 3 is 1.71 bits per heavy atom. The Morgan fingerprint density at radius 1 is 0.768 bits per heavy atom. The van der Waals surface area contributed by atoms with Crippen molar-refractivity contribution in [1.29, 1.82) is 0 Å². The SMILES string of the molecule is CCN(CC)[C@@H](C(=O)N1CCC[C@H]1c1ncc(-c2ccc(-c3ccc(-c4cnc([C@@H]5CCCN5C(=O)[C@H](COC)NC(=O)O)[nH]4)cc3)cc2)[nH]1)c1ccccc1. The topological polar surface area (TPSA) is 160 Å². The number of benzene rings is 3. The molecule has 13 heteroatoms. The van der Waals surface area contributed by atoms with Crippen LogP contribution in [0.25, 0.3) is 33.6 Å². The second kappa shape index (κ2) is 17.3. The van der Waals surface area contributed by atoms with Crippen LogP contribution in [0, 0.1) is 0 Å². The Kier molecular flexibility index (Phi) is 11.9. The van der Waals surface area contributed by atoms with E-state index in [4.69, 9.17) is 9.72 Å². The number of ether oxygens (including phenoxy) is 1. The number of methoxy groups -OCH3 is 1. The van der Waals surface area contributed by atoms with E-state index in [-0.39, 0.29) is 36.5 Å². The Morgan fingerprint density at radius 2 is 1.25 bits per heavy atom. The summed E-state index contributed by atoms with van der Waals surface area (Å²) in [5, 5.41) is 11.5. The van der Waals surface area contributed by atoms with E-state index in [0.717, 1.165) is 83.8 Å². The van der Waals surface area contributed by atoms with Gasteiger partial charge in [0.1, 0.15) is 23.7 Å². The van der Waals surface area contributed by atoms with Crippen molar-refractivity contribution in [2.75, 3.05) is 39.9 Å². The molecular formula is C43H50N8O5. The zero-order chi connectivity index (χ0) is 39.2. The minimum Gasteiger partial charge on any atom is -0.465 e. The first-order chi connectivity index (χ1) is 27.3. The number of carboxylic acid groups (broad SMARTS) is 1. The smallest absolute Gasteiger partial charge is 0.405 e. The third-order valence-corrected chi connectivity index (χ3v) is 11.1. The van der Waals surface area contributed by atoms with E-state index >= 15 is 0 Å². The summed E-state index contributed by atoms with van der Waals surface area (Å²) in [6, 6.07) is 25.0. The summed E-state index contributed by atoms with van der Waals surface area (Å²) < 4.78 is 5.10. The average Bonchev–Trinajstić information content (AvgIpc) is 4.07. The van der Waals surface area contributed by atoms with Gasteiger partial charge in [0.2, 0.25) is 11.8 Å². The number of aromatic nitrogens is 4. The minimum absolute atomic E-state index is 0.0484. The van der Waals surface area contributed by atoms with Gasteiger partial charge in [-0.2, -0.15) is 0 Å². The largest absolute Gasteiger partial charge is 0.465 e. The molecule has 2 saturated heterocycles. The average molecular weight is 759 g/mol. The standard InChI is InChI=1S/C43H50N8O5/c1-4-49(5-2)38(32-11-7-6-8-12-32)42(53)51-24-10-14-37(51)40-45-26-34(47-40)31-21-17-29(18-22-31)28-15-19-30(20-16-28)33-25-44-39(46-33)36-13-9-23-50(36)41(52)35(27-56-3)48-43(54)55/h6-8,11-12,15-22,25-26,35-38,48H,4-5,9-10,13-14,23-24,27H2,1-3H3,(H,44,46)(H,45,47)(H,54,55)/t35-,36-,37-,38+/m0/s1. The van der Waals surface area contributed by atoms with Gasteiger partial charge in [0, 0.05) is 20.2 Å². The number of aromatic amines is 2. The van der Waals surface area contributed by atoms with Gasteiger partial charge >= 0.3 is 6.09 Å². The van der Waals surface area contributed by atoms with Crippen LogP contribution in [0.1, 0.15) is 74.9 Å². The van der Waals surface area contributed by atoms with E-state index in [1.807, 2.05) is 53.6 Å². The summed E-state index contributed by atoms with van der Waals surface area (Å²) in [5.41, 5.74) is 6.87. The predicted octanol–water partition coefficient (Wildman–Crippen LogP) is 6.83. The van der Waals surface area contributed by atoms with E-state index in [2.05, 4.69) is 75.4 Å². The summed E-state index contributed by atoms with van der Waals surface area (Å²) in [6.07, 6.45) is 5.69. The van der Waals surface area contributed by atoms with Gasteiger partial charge in [-0.1, -0.05) is 92.7 Å². The molecule has 3 aromatic carbocycles. The number of imidazole rings is 2. The molecule has 2 aromatic heterocycles. The molecule has 2 aliphatic rings. The van der Waals surface area contributed by atoms with Crippen molar-refractivity contribution in [2.24, 2.45) is 0 Å². The van der Waals surface area contributed by atoms with E-state index in [1.54, 1.807) is 11.1 Å². The number of amides is 3. The second-order valence-electron chi connectivity index (χ2n) is 14.4. The number of likely N-dealkylation sites (tertiary alicyclic amines) is 2. The summed E-state index contributed by atoms with van der Waals surface area (Å²) >= 11 is 0. The summed E-state index contributed by atoms with van der Waals surface area (Å²) in [5.74, 6) is 1.28. The molecule has 13 nitrogen and oxygen atoms in total. The Bertz CT molecular complexity index is 2090. The molecule has 4 N–H and O–H groups in total. The van der Waals surface area contributed by atoms with Gasteiger partial charge in [-0.15, -0.1) is 0 Å². The van der Waals surface area contributed by atoms with Crippen LogP contribution in [0.4, 0.5) is 4.79 Å². The van der Waals surface area contributed by atoms with Crippen molar-refractivity contribution in [1.82, 2.24) is 40.0 Å². The van der Waals surface area contributed by atoms with E-state index in [0.29, 0.717) is 18.9 Å². The van der Waals surface area contributed by atoms with Gasteiger partial charge in [-0.05, 0) is 66.6 Å². The van der Waals surface area contributed by atoms with Crippen LogP contribution >= 0.6 is 0 Å². The molecule has 5 aromatic rings. The molecular weight excluding hydrogens is 709 g/mol. The normalized spacial score (nSPS) is 18.0. The number of hydrogen-bond donors (Lipinski definition) is 4. The Balaban J connectivity index is 1.01. The lowest BCUT2D eigenvalue weighted by Crippen LogP contribution is -2.50. The van der Waals surface area contributed by atoms with Crippen LogP contribution in [-0.2, 0) is 14.3 Å². The van der Waals surface area contributed by atoms with Crippen molar-refractivity contribution in [2.45, 2.75) is 63.7 Å². The molecule has 0 radical (unpaired) electrons. The number of carbonyl (C=O) groups excluding carboxylic acids is 2. The zero-order valence-electron chi connectivity index (χ0n) is 32.1. The molecule has 292 valence electrons. The summed E-state index contributed by atoms with van der Waals surface area (Å²) in [6.45, 7) is 6.96. The molecule has 4 atom stereocenters. The Hall–Kier alpha value is -5.79. The van der Waals surface area contributed by atoms with E-state index in [9.17, 15) is 19.5 Å². The molecule has 4 heterocycles. The van der Waals surface area contributed by atoms with Gasteiger partial charge in [-0.25, -0.2) is 14.8 Å². The fraction of sp³-hybridized carbons (Fsp3) is 0.372. The first kappa shape index (κ1) is 38.5. The Labute approximate surface area is 327 Å². The van der Waals surface area contributed by atoms with E-state index in [1.165, 1.54) is 7.11 Å². The number of likely N-dealkylation sites (N-methyl/N-ethyl adjacent to an activating group) is 1. The molecule has 56 heavy (non-hydrogen) atoms. The van der Waals surface area contributed by atoms with Crippen LogP contribution in [0.2, 0.25) is 0 Å². The van der Waals surface area contributed by atoms with Gasteiger partial charge in [0.25, 0.3) is 0 Å². The first-order valence-corrected chi connectivity index (χ1v) is 19.5. The van der Waals surface area contributed by atoms with Gasteiger partial charge in [0.15, 0.2) is 0 Å². The molecule has 3 amide bonds. The lowest BCUT2D eigenvalue weighted by atomic mass is 10.0. The van der Waals surface area contributed by atoms with Gasteiger partial charge < -0.3 is 34.9 Å². The molecule has 2 aliphatic heterocycles. The van der Waals surface area contributed by atoms with Crippen molar-refractivity contribution >= 4 is 17.9 Å².